The summed E-state index contributed by atoms with van der Waals surface area (Å²) < 4.78 is 1.82. The van der Waals surface area contributed by atoms with E-state index in [9.17, 15) is 4.79 Å². The standard InChI is InChI=1S/C18H21N7O/c1-23(2)17(26)14-12-22-25-15(4-9-19-16(14)25)13-5-10-24(11-6-13)18-20-7-3-8-21-18/h3-4,7-9,12-13H,5-6,10-11H2,1-2H3. The maximum absolute atomic E-state index is 12.3. The van der Waals surface area contributed by atoms with Crippen LogP contribution in [-0.4, -0.2) is 62.6 Å². The third-order valence-electron chi connectivity index (χ3n) is 4.82. The van der Waals surface area contributed by atoms with Crippen LogP contribution in [0, 0.1) is 0 Å². The Labute approximate surface area is 151 Å². The maximum Gasteiger partial charge on any atom is 0.258 e. The van der Waals surface area contributed by atoms with Crippen LogP contribution in [0.5, 0.6) is 0 Å². The minimum Gasteiger partial charge on any atom is -0.345 e. The molecule has 134 valence electrons. The van der Waals surface area contributed by atoms with E-state index in [-0.39, 0.29) is 5.91 Å². The number of fused-ring (bicyclic) bond motifs is 1. The Morgan fingerprint density at radius 1 is 1.12 bits per heavy atom. The predicted octanol–water partition coefficient (Wildman–Crippen LogP) is 1.61. The van der Waals surface area contributed by atoms with Gasteiger partial charge in [0.25, 0.3) is 5.91 Å². The quantitative estimate of drug-likeness (QED) is 0.713. The Balaban J connectivity index is 1.58. The lowest BCUT2D eigenvalue weighted by Gasteiger charge is -2.32. The van der Waals surface area contributed by atoms with E-state index in [4.69, 9.17) is 0 Å². The Hall–Kier alpha value is -3.03. The second-order valence-electron chi connectivity index (χ2n) is 6.67. The van der Waals surface area contributed by atoms with E-state index < -0.39 is 0 Å². The lowest BCUT2D eigenvalue weighted by molar-refractivity contribution is 0.0829. The Bertz CT molecular complexity index is 914. The summed E-state index contributed by atoms with van der Waals surface area (Å²) in [5.74, 6) is 1.06. The zero-order chi connectivity index (χ0) is 18.1. The van der Waals surface area contributed by atoms with Crippen LogP contribution in [0.3, 0.4) is 0 Å². The zero-order valence-corrected chi connectivity index (χ0v) is 14.9. The molecule has 4 heterocycles. The molecule has 8 nitrogen and oxygen atoms in total. The van der Waals surface area contributed by atoms with E-state index >= 15 is 0 Å². The van der Waals surface area contributed by atoms with Gasteiger partial charge in [-0.15, -0.1) is 0 Å². The molecule has 1 fully saturated rings. The fourth-order valence-corrected chi connectivity index (χ4v) is 3.44. The molecule has 8 heteroatoms. The number of rotatable bonds is 3. The molecular weight excluding hydrogens is 330 g/mol. The van der Waals surface area contributed by atoms with Gasteiger partial charge in [-0.1, -0.05) is 0 Å². The monoisotopic (exact) mass is 351 g/mol. The summed E-state index contributed by atoms with van der Waals surface area (Å²) in [6, 6.07) is 3.83. The molecule has 1 aliphatic rings. The first-order valence-corrected chi connectivity index (χ1v) is 8.71. The highest BCUT2D eigenvalue weighted by molar-refractivity contribution is 5.99. The first-order chi connectivity index (χ1) is 12.6. The van der Waals surface area contributed by atoms with Crippen molar-refractivity contribution in [2.45, 2.75) is 18.8 Å². The molecule has 1 amide bonds. The number of carbonyl (C=O) groups excluding carboxylic acids is 1. The fraction of sp³-hybridized carbons (Fsp3) is 0.389. The van der Waals surface area contributed by atoms with Crippen LogP contribution >= 0.6 is 0 Å². The number of anilines is 1. The predicted molar refractivity (Wildman–Crippen MR) is 97.2 cm³/mol. The van der Waals surface area contributed by atoms with Crippen LogP contribution in [-0.2, 0) is 0 Å². The number of hydrogen-bond donors (Lipinski definition) is 0. The topological polar surface area (TPSA) is 79.5 Å². The summed E-state index contributed by atoms with van der Waals surface area (Å²) in [5, 5.41) is 4.44. The van der Waals surface area contributed by atoms with Gasteiger partial charge in [0.2, 0.25) is 5.95 Å². The molecule has 0 saturated carbocycles. The molecule has 0 N–H and O–H groups in total. The van der Waals surface area contributed by atoms with Gasteiger partial charge in [-0.2, -0.15) is 5.10 Å². The van der Waals surface area contributed by atoms with Crippen molar-refractivity contribution in [3.8, 4) is 0 Å². The highest BCUT2D eigenvalue weighted by Gasteiger charge is 2.25. The van der Waals surface area contributed by atoms with Gasteiger partial charge in [-0.3, -0.25) is 4.79 Å². The molecule has 3 aromatic rings. The molecule has 0 atom stereocenters. The summed E-state index contributed by atoms with van der Waals surface area (Å²) in [6.07, 6.45) is 8.89. The van der Waals surface area contributed by atoms with E-state index in [2.05, 4.69) is 25.0 Å². The number of amides is 1. The minimum atomic E-state index is -0.0827. The second kappa shape index (κ2) is 6.70. The van der Waals surface area contributed by atoms with Gasteiger partial charge in [0.15, 0.2) is 5.65 Å². The van der Waals surface area contributed by atoms with Crippen molar-refractivity contribution >= 4 is 17.5 Å². The number of carbonyl (C=O) groups is 1. The van der Waals surface area contributed by atoms with Crippen LogP contribution in [0.1, 0.15) is 34.8 Å². The highest BCUT2D eigenvalue weighted by atomic mass is 16.2. The second-order valence-corrected chi connectivity index (χ2v) is 6.67. The van der Waals surface area contributed by atoms with Gasteiger partial charge in [0.05, 0.1) is 6.20 Å². The van der Waals surface area contributed by atoms with E-state index in [0.717, 1.165) is 37.6 Å². The van der Waals surface area contributed by atoms with Gasteiger partial charge in [-0.25, -0.2) is 19.5 Å². The molecule has 1 aliphatic heterocycles. The molecule has 0 bridgehead atoms. The molecule has 0 spiro atoms. The van der Waals surface area contributed by atoms with Crippen molar-refractivity contribution in [2.75, 3.05) is 32.1 Å². The summed E-state index contributed by atoms with van der Waals surface area (Å²) in [4.78, 5) is 29.1. The molecule has 0 aliphatic carbocycles. The van der Waals surface area contributed by atoms with Gasteiger partial charge in [0.1, 0.15) is 5.56 Å². The van der Waals surface area contributed by atoms with Crippen LogP contribution in [0.15, 0.2) is 36.9 Å². The lowest BCUT2D eigenvalue weighted by Crippen LogP contribution is -2.34. The van der Waals surface area contributed by atoms with Crippen LogP contribution in [0.2, 0.25) is 0 Å². The summed E-state index contributed by atoms with van der Waals surface area (Å²) in [7, 11) is 3.47. The van der Waals surface area contributed by atoms with E-state index in [1.165, 1.54) is 0 Å². The molecule has 0 unspecified atom stereocenters. The van der Waals surface area contributed by atoms with Gasteiger partial charge < -0.3 is 9.80 Å². The van der Waals surface area contributed by atoms with Crippen LogP contribution in [0.25, 0.3) is 5.65 Å². The Kier molecular flexibility index (Phi) is 4.24. The van der Waals surface area contributed by atoms with Gasteiger partial charge in [-0.05, 0) is 25.0 Å². The van der Waals surface area contributed by atoms with Crippen molar-refractivity contribution in [3.05, 3.63) is 48.2 Å². The first-order valence-electron chi connectivity index (χ1n) is 8.71. The molecule has 1 saturated heterocycles. The van der Waals surface area contributed by atoms with Gasteiger partial charge in [0, 0.05) is 57.4 Å². The van der Waals surface area contributed by atoms with Crippen molar-refractivity contribution in [3.63, 3.8) is 0 Å². The normalized spacial score (nSPS) is 15.4. The first kappa shape index (κ1) is 16.4. The van der Waals surface area contributed by atoms with E-state index in [1.807, 2.05) is 16.6 Å². The number of hydrogen-bond acceptors (Lipinski definition) is 6. The zero-order valence-electron chi connectivity index (χ0n) is 14.9. The molecule has 26 heavy (non-hydrogen) atoms. The Morgan fingerprint density at radius 3 is 2.54 bits per heavy atom. The van der Waals surface area contributed by atoms with Gasteiger partial charge >= 0.3 is 0 Å². The SMILES string of the molecule is CN(C)C(=O)c1cnn2c(C3CCN(c4ncccn4)CC3)ccnc12. The summed E-state index contributed by atoms with van der Waals surface area (Å²) in [5.41, 5.74) is 2.25. The summed E-state index contributed by atoms with van der Waals surface area (Å²) in [6.45, 7) is 1.78. The maximum atomic E-state index is 12.3. The average molecular weight is 351 g/mol. The molecular formula is C18H21N7O. The molecule has 0 radical (unpaired) electrons. The molecule has 0 aromatic carbocycles. The van der Waals surface area contributed by atoms with E-state index in [1.54, 1.807) is 43.8 Å². The molecule has 3 aromatic heterocycles. The van der Waals surface area contributed by atoms with Crippen molar-refractivity contribution < 1.29 is 4.79 Å². The van der Waals surface area contributed by atoms with Crippen molar-refractivity contribution in [2.24, 2.45) is 0 Å². The van der Waals surface area contributed by atoms with E-state index in [0.29, 0.717) is 17.1 Å². The third kappa shape index (κ3) is 2.87. The largest absolute Gasteiger partial charge is 0.345 e. The lowest BCUT2D eigenvalue weighted by atomic mass is 9.93. The third-order valence-corrected chi connectivity index (χ3v) is 4.82. The smallest absolute Gasteiger partial charge is 0.258 e. The minimum absolute atomic E-state index is 0.0827. The Morgan fingerprint density at radius 2 is 1.85 bits per heavy atom. The van der Waals surface area contributed by atoms with Crippen molar-refractivity contribution in [1.82, 2.24) is 29.5 Å². The average Bonchev–Trinajstić information content (AvgIpc) is 3.12. The number of aromatic nitrogens is 5. The number of nitrogens with zero attached hydrogens (tertiary/aromatic N) is 7. The molecule has 4 rings (SSSR count). The fourth-order valence-electron chi connectivity index (χ4n) is 3.44. The van der Waals surface area contributed by atoms with Crippen molar-refractivity contribution in [1.29, 1.82) is 0 Å². The number of piperidine rings is 1. The van der Waals surface area contributed by atoms with Crippen LogP contribution in [0.4, 0.5) is 5.95 Å². The summed E-state index contributed by atoms with van der Waals surface area (Å²) >= 11 is 0. The van der Waals surface area contributed by atoms with Crippen LogP contribution < -0.4 is 4.90 Å². The highest BCUT2D eigenvalue weighted by Crippen LogP contribution is 2.29.